The molecule has 0 N–H and O–H groups in total. The van der Waals surface area contributed by atoms with Gasteiger partial charge in [0.25, 0.3) is 0 Å². The maximum atomic E-state index is 12.4. The SMILES string of the molecule is CCCCC(CC)COC(=O)C(C)C[C@H](CC)C(=O)OCc1ccccc1. The zero-order valence-corrected chi connectivity index (χ0v) is 17.4. The van der Waals surface area contributed by atoms with Crippen molar-refractivity contribution in [3.63, 3.8) is 0 Å². The summed E-state index contributed by atoms with van der Waals surface area (Å²) in [5.41, 5.74) is 0.964. The molecule has 27 heavy (non-hydrogen) atoms. The van der Waals surface area contributed by atoms with E-state index in [0.29, 0.717) is 25.4 Å². The summed E-state index contributed by atoms with van der Waals surface area (Å²) in [5.74, 6) is -0.602. The molecule has 0 aromatic heterocycles. The Morgan fingerprint density at radius 1 is 0.963 bits per heavy atom. The Bertz CT molecular complexity index is 541. The third-order valence-electron chi connectivity index (χ3n) is 5.10. The predicted octanol–water partition coefficient (Wildman–Crippen LogP) is 5.54. The third-order valence-corrected chi connectivity index (χ3v) is 5.10. The van der Waals surface area contributed by atoms with Crippen molar-refractivity contribution in [2.45, 2.75) is 72.8 Å². The molecule has 152 valence electrons. The van der Waals surface area contributed by atoms with Crippen LogP contribution in [0.4, 0.5) is 0 Å². The summed E-state index contributed by atoms with van der Waals surface area (Å²) in [4.78, 5) is 24.7. The van der Waals surface area contributed by atoms with Crippen molar-refractivity contribution in [1.82, 2.24) is 0 Å². The van der Waals surface area contributed by atoms with Crippen LogP contribution in [0.1, 0.15) is 71.8 Å². The number of hydrogen-bond donors (Lipinski definition) is 0. The molecule has 0 aliphatic carbocycles. The zero-order valence-electron chi connectivity index (χ0n) is 17.4. The van der Waals surface area contributed by atoms with E-state index >= 15 is 0 Å². The van der Waals surface area contributed by atoms with E-state index in [9.17, 15) is 9.59 Å². The molecule has 0 aliphatic heterocycles. The first kappa shape index (κ1) is 23.2. The summed E-state index contributed by atoms with van der Waals surface area (Å²) in [6.45, 7) is 8.84. The first-order valence-corrected chi connectivity index (χ1v) is 10.4. The number of carbonyl (C=O) groups is 2. The van der Waals surface area contributed by atoms with Crippen LogP contribution in [-0.4, -0.2) is 18.5 Å². The number of ether oxygens (including phenoxy) is 2. The van der Waals surface area contributed by atoms with E-state index in [-0.39, 0.29) is 30.4 Å². The Kier molecular flexibility index (Phi) is 11.5. The molecule has 1 aromatic carbocycles. The van der Waals surface area contributed by atoms with Gasteiger partial charge in [-0.1, -0.05) is 77.3 Å². The molecular weight excluding hydrogens is 340 g/mol. The smallest absolute Gasteiger partial charge is 0.309 e. The largest absolute Gasteiger partial charge is 0.465 e. The fraction of sp³-hybridized carbons (Fsp3) is 0.652. The maximum absolute atomic E-state index is 12.4. The van der Waals surface area contributed by atoms with Crippen molar-refractivity contribution in [3.8, 4) is 0 Å². The van der Waals surface area contributed by atoms with Gasteiger partial charge in [-0.15, -0.1) is 0 Å². The van der Waals surface area contributed by atoms with Crippen molar-refractivity contribution >= 4 is 11.9 Å². The number of rotatable bonds is 13. The predicted molar refractivity (Wildman–Crippen MR) is 108 cm³/mol. The van der Waals surface area contributed by atoms with Crippen molar-refractivity contribution in [3.05, 3.63) is 35.9 Å². The fourth-order valence-corrected chi connectivity index (χ4v) is 3.04. The van der Waals surface area contributed by atoms with Gasteiger partial charge in [0.1, 0.15) is 6.61 Å². The number of carbonyl (C=O) groups excluding carboxylic acids is 2. The number of benzene rings is 1. The molecule has 0 aliphatic rings. The lowest BCUT2D eigenvalue weighted by atomic mass is 9.93. The summed E-state index contributed by atoms with van der Waals surface area (Å²) in [6.07, 6.45) is 5.55. The van der Waals surface area contributed by atoms with Gasteiger partial charge in [0.15, 0.2) is 0 Å². The van der Waals surface area contributed by atoms with E-state index in [1.54, 1.807) is 0 Å². The molecule has 0 saturated heterocycles. The molecule has 0 saturated carbocycles. The van der Waals surface area contributed by atoms with Gasteiger partial charge >= 0.3 is 11.9 Å². The Balaban J connectivity index is 2.42. The van der Waals surface area contributed by atoms with Crippen LogP contribution in [0.25, 0.3) is 0 Å². The molecule has 0 fully saturated rings. The molecule has 0 amide bonds. The number of hydrogen-bond acceptors (Lipinski definition) is 4. The maximum Gasteiger partial charge on any atom is 0.309 e. The van der Waals surface area contributed by atoms with Gasteiger partial charge in [-0.3, -0.25) is 9.59 Å². The lowest BCUT2D eigenvalue weighted by Crippen LogP contribution is -2.25. The van der Waals surface area contributed by atoms with E-state index in [0.717, 1.165) is 31.2 Å². The average Bonchev–Trinajstić information content (AvgIpc) is 2.70. The van der Waals surface area contributed by atoms with Crippen LogP contribution in [0.2, 0.25) is 0 Å². The molecule has 0 bridgehead atoms. The molecule has 4 heteroatoms. The molecule has 0 spiro atoms. The molecule has 1 aromatic rings. The summed E-state index contributed by atoms with van der Waals surface area (Å²) in [5, 5.41) is 0. The van der Waals surface area contributed by atoms with Crippen molar-refractivity contribution in [2.75, 3.05) is 6.61 Å². The second-order valence-electron chi connectivity index (χ2n) is 7.38. The van der Waals surface area contributed by atoms with Crippen molar-refractivity contribution < 1.29 is 19.1 Å². The Labute approximate surface area is 164 Å². The minimum atomic E-state index is -0.303. The van der Waals surface area contributed by atoms with E-state index in [2.05, 4.69) is 13.8 Å². The van der Waals surface area contributed by atoms with Crippen LogP contribution in [0.3, 0.4) is 0 Å². The normalized spacial score (nSPS) is 14.2. The van der Waals surface area contributed by atoms with Gasteiger partial charge in [-0.2, -0.15) is 0 Å². The highest BCUT2D eigenvalue weighted by molar-refractivity contribution is 5.75. The summed E-state index contributed by atoms with van der Waals surface area (Å²) in [7, 11) is 0. The zero-order chi connectivity index (χ0) is 20.1. The van der Waals surface area contributed by atoms with E-state index in [1.165, 1.54) is 0 Å². The van der Waals surface area contributed by atoms with Crippen LogP contribution < -0.4 is 0 Å². The number of esters is 2. The Morgan fingerprint density at radius 2 is 1.67 bits per heavy atom. The van der Waals surface area contributed by atoms with Gasteiger partial charge in [-0.05, 0) is 30.7 Å². The van der Waals surface area contributed by atoms with E-state index < -0.39 is 0 Å². The van der Waals surface area contributed by atoms with Crippen LogP contribution in [0.5, 0.6) is 0 Å². The van der Waals surface area contributed by atoms with Crippen LogP contribution in [0, 0.1) is 17.8 Å². The standard InChI is InChI=1S/C23H36O4/c1-5-8-12-19(6-2)16-26-22(24)18(4)15-21(7-3)23(25)27-17-20-13-10-9-11-14-20/h9-11,13-14,18-19,21H,5-8,12,15-17H2,1-4H3/t18?,19?,21-/m0/s1. The second-order valence-corrected chi connectivity index (χ2v) is 7.38. The highest BCUT2D eigenvalue weighted by Crippen LogP contribution is 2.20. The van der Waals surface area contributed by atoms with Gasteiger partial charge < -0.3 is 9.47 Å². The highest BCUT2D eigenvalue weighted by atomic mass is 16.5. The Morgan fingerprint density at radius 3 is 2.26 bits per heavy atom. The fourth-order valence-electron chi connectivity index (χ4n) is 3.04. The molecule has 3 atom stereocenters. The van der Waals surface area contributed by atoms with Crippen LogP contribution >= 0.6 is 0 Å². The minimum absolute atomic E-state index is 0.209. The average molecular weight is 377 g/mol. The molecule has 4 nitrogen and oxygen atoms in total. The van der Waals surface area contributed by atoms with Crippen LogP contribution in [-0.2, 0) is 25.7 Å². The second kappa shape index (κ2) is 13.3. The van der Waals surface area contributed by atoms with Gasteiger partial charge in [0, 0.05) is 0 Å². The minimum Gasteiger partial charge on any atom is -0.465 e. The summed E-state index contributed by atoms with van der Waals surface area (Å²) < 4.78 is 10.9. The Hall–Kier alpha value is -1.84. The molecule has 1 rings (SSSR count). The highest BCUT2D eigenvalue weighted by Gasteiger charge is 2.25. The molecule has 0 heterocycles. The third kappa shape index (κ3) is 9.07. The monoisotopic (exact) mass is 376 g/mol. The van der Waals surface area contributed by atoms with Crippen LogP contribution in [0.15, 0.2) is 30.3 Å². The molecule has 2 unspecified atom stereocenters. The van der Waals surface area contributed by atoms with Gasteiger partial charge in [0.2, 0.25) is 0 Å². The van der Waals surface area contributed by atoms with Gasteiger partial charge in [0.05, 0.1) is 18.4 Å². The molecule has 0 radical (unpaired) electrons. The first-order valence-electron chi connectivity index (χ1n) is 10.4. The van der Waals surface area contributed by atoms with Gasteiger partial charge in [-0.25, -0.2) is 0 Å². The van der Waals surface area contributed by atoms with E-state index in [1.807, 2.05) is 44.2 Å². The lowest BCUT2D eigenvalue weighted by Gasteiger charge is -2.20. The van der Waals surface area contributed by atoms with E-state index in [4.69, 9.17) is 9.47 Å². The topological polar surface area (TPSA) is 52.6 Å². The van der Waals surface area contributed by atoms with Crippen molar-refractivity contribution in [1.29, 1.82) is 0 Å². The van der Waals surface area contributed by atoms with Crippen molar-refractivity contribution in [2.24, 2.45) is 17.8 Å². The first-order chi connectivity index (χ1) is 13.0. The molecular formula is C23H36O4. The quantitative estimate of drug-likeness (QED) is 0.424. The summed E-state index contributed by atoms with van der Waals surface area (Å²) in [6, 6.07) is 9.62. The number of unbranched alkanes of at least 4 members (excludes halogenated alkanes) is 1. The lowest BCUT2D eigenvalue weighted by molar-refractivity contribution is -0.154. The summed E-state index contributed by atoms with van der Waals surface area (Å²) >= 11 is 0.